The first-order valence-electron chi connectivity index (χ1n) is 9.35. The lowest BCUT2D eigenvalue weighted by atomic mass is 9.95. The van der Waals surface area contributed by atoms with Crippen LogP contribution < -0.4 is 5.32 Å². The number of nitrogens with zero attached hydrogens (tertiary/aromatic N) is 1. The minimum absolute atomic E-state index is 0.0591. The van der Waals surface area contributed by atoms with E-state index in [1.807, 2.05) is 6.08 Å². The van der Waals surface area contributed by atoms with Crippen LogP contribution in [0, 0.1) is 0 Å². The fourth-order valence-corrected chi connectivity index (χ4v) is 4.97. The van der Waals surface area contributed by atoms with Crippen LogP contribution in [-0.4, -0.2) is 43.7 Å². The molecule has 2 aliphatic rings. The van der Waals surface area contributed by atoms with E-state index in [-0.39, 0.29) is 23.9 Å². The first-order chi connectivity index (χ1) is 13.3. The minimum atomic E-state index is -3.54. The molecule has 1 N–H and O–H groups in total. The van der Waals surface area contributed by atoms with Crippen molar-refractivity contribution < 1.29 is 17.9 Å². The monoisotopic (exact) mass is 424 g/mol. The van der Waals surface area contributed by atoms with Gasteiger partial charge >= 0.3 is 0 Å². The van der Waals surface area contributed by atoms with Gasteiger partial charge in [0.15, 0.2) is 5.78 Å². The number of halogens is 1. The molecule has 28 heavy (non-hydrogen) atoms. The number of nitrogens with one attached hydrogen (secondary N) is 1. The Morgan fingerprint density at radius 3 is 2.68 bits per heavy atom. The van der Waals surface area contributed by atoms with Gasteiger partial charge in [0.05, 0.1) is 11.5 Å². The number of allylic oxidation sites excluding steroid dienone is 2. The van der Waals surface area contributed by atoms with Crippen LogP contribution in [0.4, 0.5) is 0 Å². The summed E-state index contributed by atoms with van der Waals surface area (Å²) in [5, 5.41) is 3.42. The predicted octanol–water partition coefficient (Wildman–Crippen LogP) is 3.03. The van der Waals surface area contributed by atoms with Crippen molar-refractivity contribution in [1.29, 1.82) is 0 Å². The number of ketones is 1. The molecule has 152 valence electrons. The van der Waals surface area contributed by atoms with Crippen LogP contribution in [-0.2, 0) is 26.2 Å². The Balaban J connectivity index is 1.66. The number of hydrogen-bond acceptors (Lipinski definition) is 5. The molecule has 2 aliphatic heterocycles. The molecule has 0 spiro atoms. The first-order valence-corrected chi connectivity index (χ1v) is 11.2. The Morgan fingerprint density at radius 1 is 1.25 bits per heavy atom. The average molecular weight is 425 g/mol. The number of rotatable bonds is 7. The van der Waals surface area contributed by atoms with Crippen LogP contribution in [0.2, 0.25) is 5.02 Å². The molecule has 1 atom stereocenters. The van der Waals surface area contributed by atoms with E-state index >= 15 is 0 Å². The number of ether oxygens (including phenoxy) is 1. The summed E-state index contributed by atoms with van der Waals surface area (Å²) in [6.45, 7) is 2.81. The lowest BCUT2D eigenvalue weighted by Gasteiger charge is -2.27. The second kappa shape index (κ2) is 8.78. The van der Waals surface area contributed by atoms with Crippen LogP contribution in [0.1, 0.15) is 31.7 Å². The van der Waals surface area contributed by atoms with Gasteiger partial charge in [-0.25, -0.2) is 8.42 Å². The van der Waals surface area contributed by atoms with Gasteiger partial charge in [-0.2, -0.15) is 4.31 Å². The number of piperidine rings is 1. The normalized spacial score (nSPS) is 22.8. The summed E-state index contributed by atoms with van der Waals surface area (Å²) in [6.07, 6.45) is 9.91. The van der Waals surface area contributed by atoms with Crippen molar-refractivity contribution in [1.82, 2.24) is 9.62 Å². The van der Waals surface area contributed by atoms with E-state index in [1.165, 1.54) is 10.4 Å². The third-order valence-corrected chi connectivity index (χ3v) is 7.32. The number of carbonyl (C=O) groups excluding carboxylic acids is 1. The fourth-order valence-electron chi connectivity index (χ4n) is 3.23. The summed E-state index contributed by atoms with van der Waals surface area (Å²) in [6, 6.07) is 4.63. The highest BCUT2D eigenvalue weighted by molar-refractivity contribution is 7.89. The maximum atomic E-state index is 12.8. The van der Waals surface area contributed by atoms with Crippen molar-refractivity contribution in [3.63, 3.8) is 0 Å². The van der Waals surface area contributed by atoms with Gasteiger partial charge in [-0.05, 0) is 55.8 Å². The van der Waals surface area contributed by atoms with Gasteiger partial charge in [-0.1, -0.05) is 30.2 Å². The quantitative estimate of drug-likeness (QED) is 0.728. The van der Waals surface area contributed by atoms with E-state index in [0.717, 1.165) is 19.3 Å². The number of dihydropyridines is 1. The Kier molecular flexibility index (Phi) is 6.60. The predicted molar refractivity (Wildman–Crippen MR) is 109 cm³/mol. The number of benzene rings is 1. The topological polar surface area (TPSA) is 75.7 Å². The zero-order chi connectivity index (χ0) is 20.2. The molecule has 0 bridgehead atoms. The van der Waals surface area contributed by atoms with E-state index in [2.05, 4.69) is 5.32 Å². The van der Waals surface area contributed by atoms with Crippen molar-refractivity contribution in [2.75, 3.05) is 19.7 Å². The first kappa shape index (κ1) is 21.0. The second-order valence-electron chi connectivity index (χ2n) is 7.20. The lowest BCUT2D eigenvalue weighted by molar-refractivity contribution is -0.128. The Bertz CT molecular complexity index is 891. The van der Waals surface area contributed by atoms with Crippen LogP contribution in [0.5, 0.6) is 0 Å². The molecular weight excluding hydrogens is 400 g/mol. The third kappa shape index (κ3) is 4.66. The molecule has 0 aromatic heterocycles. The molecule has 1 aromatic carbocycles. The maximum Gasteiger partial charge on any atom is 0.243 e. The lowest BCUT2D eigenvalue weighted by Crippen LogP contribution is -2.47. The molecule has 3 rings (SSSR count). The summed E-state index contributed by atoms with van der Waals surface area (Å²) in [4.78, 5) is 12.6. The molecule has 1 fully saturated rings. The SMILES string of the molecule is CC1(C(=O)COCc2cc(S(=O)(=O)N3CCCCC3)ccc2Cl)C=CC=CN1. The summed E-state index contributed by atoms with van der Waals surface area (Å²) in [7, 11) is -3.54. The largest absolute Gasteiger partial charge is 0.376 e. The second-order valence-corrected chi connectivity index (χ2v) is 9.54. The summed E-state index contributed by atoms with van der Waals surface area (Å²) in [5.74, 6) is -0.124. The van der Waals surface area contributed by atoms with E-state index in [1.54, 1.807) is 37.4 Å². The number of Topliss-reactive ketones (excluding diaryl/α,β-unsaturated/α-hetero) is 1. The molecular formula is C20H25ClN2O4S. The summed E-state index contributed by atoms with van der Waals surface area (Å²) in [5.41, 5.74) is -0.261. The standard InChI is InChI=1S/C20H25ClN2O4S/c1-20(9-3-4-10-22-20)19(24)15-27-14-16-13-17(7-8-18(16)21)28(25,26)23-11-5-2-6-12-23/h3-4,7-10,13,22H,2,5-6,11-12,14-15H2,1H3. The third-order valence-electron chi connectivity index (χ3n) is 5.06. The van der Waals surface area contributed by atoms with Crippen molar-refractivity contribution in [3.05, 3.63) is 53.2 Å². The zero-order valence-corrected chi connectivity index (χ0v) is 17.4. The van der Waals surface area contributed by atoms with E-state index < -0.39 is 15.6 Å². The van der Waals surface area contributed by atoms with Crippen molar-refractivity contribution in [2.24, 2.45) is 0 Å². The zero-order valence-electron chi connectivity index (χ0n) is 15.9. The minimum Gasteiger partial charge on any atom is -0.376 e. The molecule has 0 saturated carbocycles. The highest BCUT2D eigenvalue weighted by atomic mass is 35.5. The molecule has 1 aromatic rings. The number of sulfonamides is 1. The van der Waals surface area contributed by atoms with Crippen LogP contribution in [0.3, 0.4) is 0 Å². The van der Waals surface area contributed by atoms with Gasteiger partial charge in [0.25, 0.3) is 0 Å². The molecule has 1 saturated heterocycles. The van der Waals surface area contributed by atoms with Gasteiger partial charge in [-0.15, -0.1) is 0 Å². The Hall–Kier alpha value is -1.67. The van der Waals surface area contributed by atoms with Crippen molar-refractivity contribution in [3.8, 4) is 0 Å². The van der Waals surface area contributed by atoms with Gasteiger partial charge in [0.2, 0.25) is 10.0 Å². The highest BCUT2D eigenvalue weighted by Crippen LogP contribution is 2.25. The fraction of sp³-hybridized carbons (Fsp3) is 0.450. The number of carbonyl (C=O) groups is 1. The maximum absolute atomic E-state index is 12.8. The molecule has 0 radical (unpaired) electrons. The van der Waals surface area contributed by atoms with E-state index in [0.29, 0.717) is 23.7 Å². The summed E-state index contributed by atoms with van der Waals surface area (Å²) >= 11 is 6.22. The molecule has 8 heteroatoms. The van der Waals surface area contributed by atoms with Gasteiger partial charge in [0, 0.05) is 18.1 Å². The van der Waals surface area contributed by atoms with Crippen molar-refractivity contribution in [2.45, 2.75) is 43.2 Å². The summed E-state index contributed by atoms with van der Waals surface area (Å²) < 4.78 is 32.8. The van der Waals surface area contributed by atoms with Gasteiger partial charge in [-0.3, -0.25) is 4.79 Å². The van der Waals surface area contributed by atoms with Gasteiger partial charge in [0.1, 0.15) is 12.1 Å². The van der Waals surface area contributed by atoms with Crippen molar-refractivity contribution >= 4 is 27.4 Å². The van der Waals surface area contributed by atoms with Gasteiger partial charge < -0.3 is 10.1 Å². The average Bonchev–Trinajstić information content (AvgIpc) is 2.70. The molecule has 0 aliphatic carbocycles. The van der Waals surface area contributed by atoms with E-state index in [4.69, 9.17) is 16.3 Å². The number of hydrogen-bond donors (Lipinski definition) is 1. The molecule has 1 unspecified atom stereocenters. The van der Waals surface area contributed by atoms with E-state index in [9.17, 15) is 13.2 Å². The Labute approximate surface area is 171 Å². The van der Waals surface area contributed by atoms with Crippen LogP contribution >= 0.6 is 11.6 Å². The molecule has 0 amide bonds. The van der Waals surface area contributed by atoms with Crippen LogP contribution in [0.25, 0.3) is 0 Å². The van der Waals surface area contributed by atoms with Crippen LogP contribution in [0.15, 0.2) is 47.5 Å². The smallest absolute Gasteiger partial charge is 0.243 e. The highest BCUT2D eigenvalue weighted by Gasteiger charge is 2.30. The molecule has 6 nitrogen and oxygen atoms in total. The Morgan fingerprint density at radius 2 is 2.00 bits per heavy atom. The molecule has 2 heterocycles.